The molecule has 1 fully saturated rings. The van der Waals surface area contributed by atoms with Crippen molar-refractivity contribution in [2.75, 3.05) is 6.54 Å². The standard InChI is InChI=1S/C9H18N2/c1-7(2)3-4-11-9-5-8(10)6-9/h3,8-9,11H,4-6,10H2,1-2H3. The van der Waals surface area contributed by atoms with Gasteiger partial charge < -0.3 is 11.1 Å². The van der Waals surface area contributed by atoms with Gasteiger partial charge in [0.1, 0.15) is 0 Å². The predicted octanol–water partition coefficient (Wildman–Crippen LogP) is 1.03. The highest BCUT2D eigenvalue weighted by Gasteiger charge is 2.24. The van der Waals surface area contributed by atoms with Crippen molar-refractivity contribution in [3.05, 3.63) is 11.6 Å². The lowest BCUT2D eigenvalue weighted by Crippen LogP contribution is -2.48. The molecule has 1 rings (SSSR count). The molecule has 1 aliphatic rings. The smallest absolute Gasteiger partial charge is 0.0139 e. The fraction of sp³-hybridized carbons (Fsp3) is 0.778. The minimum atomic E-state index is 0.458. The molecule has 0 unspecified atom stereocenters. The van der Waals surface area contributed by atoms with Gasteiger partial charge in [-0.1, -0.05) is 11.6 Å². The Kier molecular flexibility index (Phi) is 3.09. The lowest BCUT2D eigenvalue weighted by atomic mass is 9.88. The third-order valence-corrected chi connectivity index (χ3v) is 2.09. The van der Waals surface area contributed by atoms with Crippen molar-refractivity contribution in [3.63, 3.8) is 0 Å². The zero-order valence-corrected chi connectivity index (χ0v) is 7.43. The molecule has 0 saturated heterocycles. The third kappa shape index (κ3) is 3.04. The molecule has 2 nitrogen and oxygen atoms in total. The molecule has 11 heavy (non-hydrogen) atoms. The molecule has 0 amide bonds. The SMILES string of the molecule is CC(C)=CCNC1CC(N)C1. The molecule has 0 aliphatic heterocycles. The van der Waals surface area contributed by atoms with Gasteiger partial charge in [0, 0.05) is 18.6 Å². The molecule has 0 heterocycles. The first-order chi connectivity index (χ1) is 5.18. The van der Waals surface area contributed by atoms with Gasteiger partial charge in [-0.2, -0.15) is 0 Å². The quantitative estimate of drug-likeness (QED) is 0.596. The summed E-state index contributed by atoms with van der Waals surface area (Å²) in [7, 11) is 0. The van der Waals surface area contributed by atoms with Crippen LogP contribution in [0.4, 0.5) is 0 Å². The normalized spacial score (nSPS) is 29.4. The summed E-state index contributed by atoms with van der Waals surface area (Å²) in [5.41, 5.74) is 7.02. The minimum Gasteiger partial charge on any atom is -0.328 e. The van der Waals surface area contributed by atoms with Gasteiger partial charge in [0.25, 0.3) is 0 Å². The largest absolute Gasteiger partial charge is 0.328 e. The van der Waals surface area contributed by atoms with Gasteiger partial charge in [-0.25, -0.2) is 0 Å². The number of nitrogens with one attached hydrogen (secondary N) is 1. The van der Waals surface area contributed by atoms with Crippen LogP contribution in [0.2, 0.25) is 0 Å². The zero-order chi connectivity index (χ0) is 8.27. The second-order valence-electron chi connectivity index (χ2n) is 3.62. The Labute approximate surface area is 68.9 Å². The molecule has 0 aromatic heterocycles. The van der Waals surface area contributed by atoms with Crippen LogP contribution in [0.15, 0.2) is 11.6 Å². The van der Waals surface area contributed by atoms with E-state index in [0.29, 0.717) is 12.1 Å². The second kappa shape index (κ2) is 3.88. The van der Waals surface area contributed by atoms with Crippen molar-refractivity contribution < 1.29 is 0 Å². The van der Waals surface area contributed by atoms with E-state index >= 15 is 0 Å². The minimum absolute atomic E-state index is 0.458. The first kappa shape index (κ1) is 8.75. The summed E-state index contributed by atoms with van der Waals surface area (Å²) in [4.78, 5) is 0. The molecule has 64 valence electrons. The fourth-order valence-corrected chi connectivity index (χ4v) is 1.26. The van der Waals surface area contributed by atoms with Crippen LogP contribution in [-0.2, 0) is 0 Å². The van der Waals surface area contributed by atoms with Crippen LogP contribution in [0.3, 0.4) is 0 Å². The van der Waals surface area contributed by atoms with Crippen LogP contribution < -0.4 is 11.1 Å². The Hall–Kier alpha value is -0.340. The van der Waals surface area contributed by atoms with E-state index in [2.05, 4.69) is 25.2 Å². The topological polar surface area (TPSA) is 38.0 Å². The van der Waals surface area contributed by atoms with Gasteiger partial charge in [-0.15, -0.1) is 0 Å². The molecule has 0 spiro atoms. The molecule has 0 aromatic rings. The van der Waals surface area contributed by atoms with Gasteiger partial charge in [0.15, 0.2) is 0 Å². The Morgan fingerprint density at radius 1 is 1.55 bits per heavy atom. The average molecular weight is 154 g/mol. The highest BCUT2D eigenvalue weighted by Crippen LogP contribution is 2.16. The number of allylic oxidation sites excluding steroid dienone is 1. The summed E-state index contributed by atoms with van der Waals surface area (Å²) in [5, 5.41) is 3.42. The highest BCUT2D eigenvalue weighted by atomic mass is 14.9. The van der Waals surface area contributed by atoms with E-state index in [-0.39, 0.29) is 0 Å². The summed E-state index contributed by atoms with van der Waals surface area (Å²) in [5.74, 6) is 0. The maximum atomic E-state index is 5.64. The molecule has 1 aliphatic carbocycles. The monoisotopic (exact) mass is 154 g/mol. The summed E-state index contributed by atoms with van der Waals surface area (Å²) >= 11 is 0. The fourth-order valence-electron chi connectivity index (χ4n) is 1.26. The van der Waals surface area contributed by atoms with Crippen LogP contribution in [0.1, 0.15) is 26.7 Å². The maximum Gasteiger partial charge on any atom is 0.0139 e. The summed E-state index contributed by atoms with van der Waals surface area (Å²) in [6, 6.07) is 1.14. The van der Waals surface area contributed by atoms with E-state index < -0.39 is 0 Å². The molecule has 1 saturated carbocycles. The van der Waals surface area contributed by atoms with E-state index in [4.69, 9.17) is 5.73 Å². The van der Waals surface area contributed by atoms with Crippen LogP contribution in [0.5, 0.6) is 0 Å². The van der Waals surface area contributed by atoms with Crippen LogP contribution in [0.25, 0.3) is 0 Å². The van der Waals surface area contributed by atoms with Crippen LogP contribution in [0, 0.1) is 0 Å². The molecule has 3 N–H and O–H groups in total. The Morgan fingerprint density at radius 2 is 2.18 bits per heavy atom. The first-order valence-corrected chi connectivity index (χ1v) is 4.31. The maximum absolute atomic E-state index is 5.64. The first-order valence-electron chi connectivity index (χ1n) is 4.31. The average Bonchev–Trinajstić information content (AvgIpc) is 1.83. The Bertz CT molecular complexity index is 142. The number of hydrogen-bond acceptors (Lipinski definition) is 2. The number of hydrogen-bond donors (Lipinski definition) is 2. The van der Waals surface area contributed by atoms with E-state index in [1.54, 1.807) is 0 Å². The molecule has 0 atom stereocenters. The van der Waals surface area contributed by atoms with E-state index in [1.807, 2.05) is 0 Å². The Morgan fingerprint density at radius 3 is 2.64 bits per heavy atom. The number of rotatable bonds is 3. The van der Waals surface area contributed by atoms with Crippen LogP contribution in [-0.4, -0.2) is 18.6 Å². The van der Waals surface area contributed by atoms with Crippen molar-refractivity contribution in [2.45, 2.75) is 38.8 Å². The summed E-state index contributed by atoms with van der Waals surface area (Å²) in [6.45, 7) is 5.24. The second-order valence-corrected chi connectivity index (χ2v) is 3.62. The lowest BCUT2D eigenvalue weighted by molar-refractivity contribution is 0.300. The zero-order valence-electron chi connectivity index (χ0n) is 7.43. The van der Waals surface area contributed by atoms with Gasteiger partial charge in [-0.3, -0.25) is 0 Å². The molecular weight excluding hydrogens is 136 g/mol. The van der Waals surface area contributed by atoms with Gasteiger partial charge in [-0.05, 0) is 26.7 Å². The summed E-state index contributed by atoms with van der Waals surface area (Å²) < 4.78 is 0. The van der Waals surface area contributed by atoms with E-state index in [0.717, 1.165) is 19.4 Å². The van der Waals surface area contributed by atoms with Gasteiger partial charge >= 0.3 is 0 Å². The van der Waals surface area contributed by atoms with Crippen molar-refractivity contribution in [1.82, 2.24) is 5.32 Å². The lowest BCUT2D eigenvalue weighted by Gasteiger charge is -2.32. The van der Waals surface area contributed by atoms with Crippen LogP contribution >= 0.6 is 0 Å². The van der Waals surface area contributed by atoms with Crippen molar-refractivity contribution >= 4 is 0 Å². The molecule has 0 radical (unpaired) electrons. The van der Waals surface area contributed by atoms with Crippen molar-refractivity contribution in [3.8, 4) is 0 Å². The van der Waals surface area contributed by atoms with Gasteiger partial charge in [0.2, 0.25) is 0 Å². The Balaban J connectivity index is 2.01. The van der Waals surface area contributed by atoms with Crippen molar-refractivity contribution in [1.29, 1.82) is 0 Å². The molecule has 2 heteroatoms. The molecule has 0 bridgehead atoms. The number of nitrogens with two attached hydrogens (primary N) is 1. The molecule has 0 aromatic carbocycles. The van der Waals surface area contributed by atoms with Crippen molar-refractivity contribution in [2.24, 2.45) is 5.73 Å². The third-order valence-electron chi connectivity index (χ3n) is 2.09. The van der Waals surface area contributed by atoms with E-state index in [9.17, 15) is 0 Å². The van der Waals surface area contributed by atoms with Gasteiger partial charge in [0.05, 0.1) is 0 Å². The predicted molar refractivity (Wildman–Crippen MR) is 48.4 cm³/mol. The molecular formula is C9H18N2. The van der Waals surface area contributed by atoms with E-state index in [1.165, 1.54) is 5.57 Å². The summed E-state index contributed by atoms with van der Waals surface area (Å²) in [6.07, 6.45) is 4.51. The highest BCUT2D eigenvalue weighted by molar-refractivity contribution is 4.96.